The summed E-state index contributed by atoms with van der Waals surface area (Å²) in [6, 6.07) is 0. The zero-order chi connectivity index (χ0) is 10.6. The Labute approximate surface area is 88.5 Å². The molecule has 0 bridgehead atoms. The van der Waals surface area contributed by atoms with E-state index >= 15 is 0 Å². The van der Waals surface area contributed by atoms with Crippen molar-refractivity contribution in [1.29, 1.82) is 0 Å². The van der Waals surface area contributed by atoms with Crippen LogP contribution in [0.15, 0.2) is 17.9 Å². The molecule has 1 rings (SSSR count). The molecule has 1 aliphatic heterocycles. The quantitative estimate of drug-likeness (QED) is 0.622. The van der Waals surface area contributed by atoms with Crippen LogP contribution in [-0.4, -0.2) is 25.0 Å². The Kier molecular flexibility index (Phi) is 3.97. The van der Waals surface area contributed by atoms with Crippen LogP contribution in [0.2, 0.25) is 0 Å². The maximum atomic E-state index is 3.81. The van der Waals surface area contributed by atoms with Gasteiger partial charge >= 0.3 is 0 Å². The van der Waals surface area contributed by atoms with Gasteiger partial charge in [-0.2, -0.15) is 0 Å². The molecule has 0 atom stereocenters. The largest absolute Gasteiger partial charge is 0.306 e. The molecule has 0 aromatic rings. The molecule has 0 saturated carbocycles. The van der Waals surface area contributed by atoms with E-state index < -0.39 is 0 Å². The smallest absolute Gasteiger partial charge is 0.000889 e. The average Bonchev–Trinajstić information content (AvgIpc) is 2.21. The van der Waals surface area contributed by atoms with Crippen molar-refractivity contribution in [2.45, 2.75) is 39.5 Å². The molecule has 0 radical (unpaired) electrons. The first-order valence-electron chi connectivity index (χ1n) is 5.70. The van der Waals surface area contributed by atoms with Crippen LogP contribution < -0.4 is 0 Å². The van der Waals surface area contributed by atoms with E-state index in [1.54, 1.807) is 0 Å². The summed E-state index contributed by atoms with van der Waals surface area (Å²) in [4.78, 5) is 2.42. The van der Waals surface area contributed by atoms with E-state index in [0.717, 1.165) is 0 Å². The Balaban J connectivity index is 2.78. The lowest BCUT2D eigenvalue weighted by atomic mass is 9.70. The van der Waals surface area contributed by atoms with Gasteiger partial charge in [0.15, 0.2) is 0 Å². The van der Waals surface area contributed by atoms with E-state index in [2.05, 4.69) is 38.1 Å². The number of hydrogen-bond acceptors (Lipinski definition) is 1. The molecule has 1 nitrogen and oxygen atoms in total. The molecule has 0 aliphatic carbocycles. The first-order valence-corrected chi connectivity index (χ1v) is 5.70. The number of hydrogen-bond donors (Lipinski definition) is 0. The number of rotatable bonds is 3. The van der Waals surface area contributed by atoms with Crippen LogP contribution in [0.25, 0.3) is 0 Å². The van der Waals surface area contributed by atoms with Gasteiger partial charge < -0.3 is 4.90 Å². The SMILES string of the molecule is C=C=C(C)C1(CCC)CCN(C)CC1. The van der Waals surface area contributed by atoms with Gasteiger partial charge in [-0.05, 0) is 51.9 Å². The van der Waals surface area contributed by atoms with Gasteiger partial charge in [0, 0.05) is 5.41 Å². The number of allylic oxidation sites excluding steroid dienone is 1. The third-order valence-corrected chi connectivity index (χ3v) is 3.73. The Hall–Kier alpha value is -0.520. The average molecular weight is 193 g/mol. The molecule has 1 heterocycles. The van der Waals surface area contributed by atoms with Crippen molar-refractivity contribution in [2.24, 2.45) is 5.41 Å². The first-order chi connectivity index (χ1) is 6.64. The highest BCUT2D eigenvalue weighted by atomic mass is 15.1. The zero-order valence-corrected chi connectivity index (χ0v) is 9.90. The summed E-state index contributed by atoms with van der Waals surface area (Å²) in [5.74, 6) is 0. The van der Waals surface area contributed by atoms with Crippen LogP contribution in [0.1, 0.15) is 39.5 Å². The van der Waals surface area contributed by atoms with Crippen LogP contribution in [0.4, 0.5) is 0 Å². The summed E-state index contributed by atoms with van der Waals surface area (Å²) >= 11 is 0. The van der Waals surface area contributed by atoms with Crippen molar-refractivity contribution in [3.8, 4) is 0 Å². The fraction of sp³-hybridized carbons (Fsp3) is 0.769. The van der Waals surface area contributed by atoms with Crippen LogP contribution in [-0.2, 0) is 0 Å². The Morgan fingerprint density at radius 2 is 2.00 bits per heavy atom. The normalized spacial score (nSPS) is 21.6. The molecule has 80 valence electrons. The van der Waals surface area contributed by atoms with Crippen molar-refractivity contribution >= 4 is 0 Å². The van der Waals surface area contributed by atoms with Gasteiger partial charge in [0.1, 0.15) is 0 Å². The standard InChI is InChI=1S/C13H23N/c1-5-7-13(12(3)6-2)8-10-14(4)11-9-13/h2,5,7-11H2,1,3-4H3. The Bertz CT molecular complexity index is 228. The van der Waals surface area contributed by atoms with Crippen molar-refractivity contribution in [2.75, 3.05) is 20.1 Å². The molecule has 0 amide bonds. The minimum absolute atomic E-state index is 0.420. The van der Waals surface area contributed by atoms with Gasteiger partial charge in [0.25, 0.3) is 0 Å². The first kappa shape index (κ1) is 11.6. The number of piperidine rings is 1. The van der Waals surface area contributed by atoms with Gasteiger partial charge in [-0.25, -0.2) is 0 Å². The molecule has 0 aromatic carbocycles. The van der Waals surface area contributed by atoms with E-state index in [4.69, 9.17) is 0 Å². The molecule has 0 N–H and O–H groups in total. The molecule has 0 aromatic heterocycles. The molecular formula is C13H23N. The molecule has 1 aliphatic rings. The molecule has 0 unspecified atom stereocenters. The second-order valence-electron chi connectivity index (χ2n) is 4.64. The molecule has 1 saturated heterocycles. The van der Waals surface area contributed by atoms with E-state index in [1.165, 1.54) is 44.3 Å². The molecule has 14 heavy (non-hydrogen) atoms. The lowest BCUT2D eigenvalue weighted by Crippen LogP contribution is -2.38. The van der Waals surface area contributed by atoms with Crippen molar-refractivity contribution in [3.63, 3.8) is 0 Å². The number of nitrogens with zero attached hydrogens (tertiary/aromatic N) is 1. The lowest BCUT2D eigenvalue weighted by Gasteiger charge is -2.41. The third kappa shape index (κ3) is 2.29. The lowest BCUT2D eigenvalue weighted by molar-refractivity contribution is 0.144. The predicted molar refractivity (Wildman–Crippen MR) is 62.4 cm³/mol. The van der Waals surface area contributed by atoms with E-state index in [-0.39, 0.29) is 0 Å². The number of likely N-dealkylation sites (tertiary alicyclic amines) is 1. The maximum absolute atomic E-state index is 3.81. The second kappa shape index (κ2) is 4.82. The monoisotopic (exact) mass is 193 g/mol. The predicted octanol–water partition coefficient (Wildman–Crippen LogP) is 3.23. The molecular weight excluding hydrogens is 170 g/mol. The Morgan fingerprint density at radius 1 is 1.43 bits per heavy atom. The van der Waals surface area contributed by atoms with E-state index in [1.807, 2.05) is 0 Å². The second-order valence-corrected chi connectivity index (χ2v) is 4.64. The van der Waals surface area contributed by atoms with Gasteiger partial charge in [-0.15, -0.1) is 5.73 Å². The van der Waals surface area contributed by atoms with Gasteiger partial charge in [0.05, 0.1) is 0 Å². The topological polar surface area (TPSA) is 3.24 Å². The summed E-state index contributed by atoms with van der Waals surface area (Å²) in [6.07, 6.45) is 5.13. The van der Waals surface area contributed by atoms with Gasteiger partial charge in [-0.1, -0.05) is 19.9 Å². The highest BCUT2D eigenvalue weighted by Gasteiger charge is 2.34. The summed E-state index contributed by atoms with van der Waals surface area (Å²) in [5.41, 5.74) is 4.92. The van der Waals surface area contributed by atoms with Crippen molar-refractivity contribution < 1.29 is 0 Å². The summed E-state index contributed by atoms with van der Waals surface area (Å²) in [6.45, 7) is 10.7. The zero-order valence-electron chi connectivity index (χ0n) is 9.90. The molecule has 0 spiro atoms. The van der Waals surface area contributed by atoms with E-state index in [0.29, 0.717) is 5.41 Å². The minimum Gasteiger partial charge on any atom is -0.306 e. The Morgan fingerprint density at radius 3 is 2.43 bits per heavy atom. The van der Waals surface area contributed by atoms with Crippen LogP contribution in [0, 0.1) is 5.41 Å². The van der Waals surface area contributed by atoms with Gasteiger partial charge in [-0.3, -0.25) is 0 Å². The van der Waals surface area contributed by atoms with Crippen LogP contribution >= 0.6 is 0 Å². The van der Waals surface area contributed by atoms with Crippen LogP contribution in [0.3, 0.4) is 0 Å². The summed E-state index contributed by atoms with van der Waals surface area (Å²) < 4.78 is 0. The van der Waals surface area contributed by atoms with Crippen LogP contribution in [0.5, 0.6) is 0 Å². The fourth-order valence-corrected chi connectivity index (χ4v) is 2.53. The fourth-order valence-electron chi connectivity index (χ4n) is 2.53. The molecule has 1 heteroatoms. The highest BCUT2D eigenvalue weighted by Crippen LogP contribution is 2.41. The maximum Gasteiger partial charge on any atom is 0.000889 e. The van der Waals surface area contributed by atoms with Gasteiger partial charge in [0.2, 0.25) is 0 Å². The summed E-state index contributed by atoms with van der Waals surface area (Å²) in [5, 5.41) is 0. The minimum atomic E-state index is 0.420. The van der Waals surface area contributed by atoms with Crippen molar-refractivity contribution in [1.82, 2.24) is 4.90 Å². The summed E-state index contributed by atoms with van der Waals surface area (Å²) in [7, 11) is 2.21. The highest BCUT2D eigenvalue weighted by molar-refractivity contribution is 5.12. The van der Waals surface area contributed by atoms with E-state index in [9.17, 15) is 0 Å². The third-order valence-electron chi connectivity index (χ3n) is 3.73. The molecule has 1 fully saturated rings. The van der Waals surface area contributed by atoms with Crippen molar-refractivity contribution in [3.05, 3.63) is 17.9 Å².